The van der Waals surface area contributed by atoms with Gasteiger partial charge in [0.15, 0.2) is 10.8 Å². The zero-order valence-corrected chi connectivity index (χ0v) is 19.7. The smallest absolute Gasteiger partial charge is 0.276 e. The number of carbonyl (C=O) groups is 3. The van der Waals surface area contributed by atoms with Crippen LogP contribution in [0.15, 0.2) is 33.0 Å². The number of rotatable bonds is 7. The summed E-state index contributed by atoms with van der Waals surface area (Å²) in [5.41, 5.74) is 6.28. The predicted molar refractivity (Wildman–Crippen MR) is 123 cm³/mol. The number of nitrogen functional groups attached to an aromatic ring is 1. The van der Waals surface area contributed by atoms with Gasteiger partial charge in [-0.05, 0) is 5.57 Å². The standard InChI is InChI=1S/C16H16N8O4S4/c1-23-8(2-18-22-23)30-3-6-4-31-14-10(13(26)24(14)11(6)15(27)29)20-12(25)9(21-28)7-5-32-16(17)19-7/h2,5,10,14,28H,3-4H2,1H3,(H2,17,19)(H,20,25)(H,27,29)/b21-9-/t10-,14-/m1/s1. The lowest BCUT2D eigenvalue weighted by Crippen LogP contribution is -2.71. The maximum atomic E-state index is 12.8. The highest BCUT2D eigenvalue weighted by molar-refractivity contribution is 8.01. The fraction of sp³-hybridized carbons (Fsp3) is 0.312. The molecule has 1 fully saturated rings. The molecule has 2 aromatic heterocycles. The molecule has 2 amide bonds. The van der Waals surface area contributed by atoms with E-state index in [1.807, 2.05) is 0 Å². The largest absolute Gasteiger partial charge is 0.410 e. The molecular weight excluding hydrogens is 496 g/mol. The highest BCUT2D eigenvalue weighted by atomic mass is 32.2. The summed E-state index contributed by atoms with van der Waals surface area (Å²) in [7, 11) is 1.76. The predicted octanol–water partition coefficient (Wildman–Crippen LogP) is -0.0652. The monoisotopic (exact) mass is 512 g/mol. The zero-order chi connectivity index (χ0) is 23.0. The molecule has 4 rings (SSSR count). The molecule has 4 N–H and O–H groups in total. The number of amides is 2. The molecule has 0 spiro atoms. The van der Waals surface area contributed by atoms with Gasteiger partial charge in [-0.2, -0.15) is 0 Å². The molecule has 0 aromatic carbocycles. The van der Waals surface area contributed by atoms with Crippen molar-refractivity contribution in [3.8, 4) is 0 Å². The Bertz CT molecular complexity index is 1160. The highest BCUT2D eigenvalue weighted by Gasteiger charge is 2.53. The lowest BCUT2D eigenvalue weighted by atomic mass is 10.0. The second-order valence-electron chi connectivity index (χ2n) is 6.62. The number of hydrogen-bond donors (Lipinski definition) is 4. The Kier molecular flexibility index (Phi) is 6.45. The minimum Gasteiger partial charge on any atom is -0.410 e. The Morgan fingerprint density at radius 3 is 2.88 bits per heavy atom. The molecular formula is C16H16N8O4S4. The average Bonchev–Trinajstić information content (AvgIpc) is 3.37. The first-order chi connectivity index (χ1) is 15.3. The highest BCUT2D eigenvalue weighted by Crippen LogP contribution is 2.42. The number of carbonyl (C=O) groups excluding carboxylic acids is 3. The first kappa shape index (κ1) is 22.6. The quantitative estimate of drug-likeness (QED) is 0.0984. The van der Waals surface area contributed by atoms with Gasteiger partial charge in [-0.15, -0.1) is 40.0 Å². The molecule has 0 unspecified atom stereocenters. The van der Waals surface area contributed by atoms with Crippen LogP contribution in [0.4, 0.5) is 5.13 Å². The molecule has 0 aliphatic carbocycles. The van der Waals surface area contributed by atoms with Crippen LogP contribution in [-0.4, -0.2) is 75.6 Å². The first-order valence-corrected chi connectivity index (χ1v) is 12.3. The number of anilines is 1. The minimum absolute atomic E-state index is 0.0995. The van der Waals surface area contributed by atoms with Crippen molar-refractivity contribution in [1.82, 2.24) is 30.2 Å². The first-order valence-electron chi connectivity index (χ1n) is 8.93. The Balaban J connectivity index is 1.48. The topological polar surface area (TPSA) is 169 Å². The van der Waals surface area contributed by atoms with Crippen LogP contribution in [-0.2, 0) is 21.4 Å². The summed E-state index contributed by atoms with van der Waals surface area (Å²) in [5, 5.41) is 24.0. The van der Waals surface area contributed by atoms with Gasteiger partial charge in [0, 0.05) is 23.9 Å². The molecule has 12 nitrogen and oxygen atoms in total. The summed E-state index contributed by atoms with van der Waals surface area (Å²) in [5.74, 6) is -0.294. The number of aromatic nitrogens is 4. The van der Waals surface area contributed by atoms with E-state index >= 15 is 0 Å². The van der Waals surface area contributed by atoms with Crippen LogP contribution < -0.4 is 11.1 Å². The van der Waals surface area contributed by atoms with E-state index < -0.39 is 28.3 Å². The van der Waals surface area contributed by atoms with Crippen LogP contribution >= 0.6 is 47.5 Å². The lowest BCUT2D eigenvalue weighted by molar-refractivity contribution is -0.146. The molecule has 2 aliphatic rings. The van der Waals surface area contributed by atoms with Gasteiger partial charge >= 0.3 is 0 Å². The van der Waals surface area contributed by atoms with Crippen molar-refractivity contribution in [2.45, 2.75) is 16.4 Å². The second-order valence-corrected chi connectivity index (χ2v) is 10.0. The summed E-state index contributed by atoms with van der Waals surface area (Å²) in [6.07, 6.45) is 1.61. The third-order valence-corrected chi connectivity index (χ3v) is 8.07. The van der Waals surface area contributed by atoms with Crippen LogP contribution in [0.1, 0.15) is 5.69 Å². The van der Waals surface area contributed by atoms with Gasteiger partial charge in [-0.3, -0.25) is 19.3 Å². The summed E-state index contributed by atoms with van der Waals surface area (Å²) in [4.78, 5) is 42.9. The van der Waals surface area contributed by atoms with E-state index in [2.05, 4.69) is 38.4 Å². The molecule has 2 aromatic rings. The van der Waals surface area contributed by atoms with Crippen molar-refractivity contribution in [2.75, 3.05) is 17.2 Å². The van der Waals surface area contributed by atoms with Crippen LogP contribution in [0, 0.1) is 0 Å². The van der Waals surface area contributed by atoms with Crippen LogP contribution in [0.2, 0.25) is 0 Å². The van der Waals surface area contributed by atoms with Gasteiger partial charge in [0.25, 0.3) is 11.8 Å². The molecule has 2 aliphatic heterocycles. The van der Waals surface area contributed by atoms with E-state index in [-0.39, 0.29) is 22.2 Å². The van der Waals surface area contributed by atoms with Crippen molar-refractivity contribution < 1.29 is 19.6 Å². The summed E-state index contributed by atoms with van der Waals surface area (Å²) in [6.45, 7) is 0. The van der Waals surface area contributed by atoms with Crippen molar-refractivity contribution in [3.05, 3.63) is 28.5 Å². The fourth-order valence-corrected chi connectivity index (χ4v) is 6.38. The number of thiazole rings is 1. The number of nitrogens with one attached hydrogen (secondary N) is 1. The molecule has 168 valence electrons. The summed E-state index contributed by atoms with van der Waals surface area (Å²) >= 11 is 7.90. The number of nitrogens with two attached hydrogens (primary N) is 1. The van der Waals surface area contributed by atoms with Gasteiger partial charge in [-0.25, -0.2) is 9.67 Å². The molecule has 0 saturated carbocycles. The van der Waals surface area contributed by atoms with E-state index in [0.717, 1.165) is 21.9 Å². The van der Waals surface area contributed by atoms with Gasteiger partial charge in [0.05, 0.1) is 6.20 Å². The van der Waals surface area contributed by atoms with E-state index in [0.29, 0.717) is 11.5 Å². The van der Waals surface area contributed by atoms with E-state index in [1.165, 1.54) is 33.8 Å². The number of fused-ring (bicyclic) bond motifs is 1. The summed E-state index contributed by atoms with van der Waals surface area (Å²) < 4.78 is 1.61. The average molecular weight is 513 g/mol. The maximum absolute atomic E-state index is 12.8. The van der Waals surface area contributed by atoms with Crippen LogP contribution in [0.25, 0.3) is 0 Å². The lowest BCUT2D eigenvalue weighted by Gasteiger charge is -2.49. The molecule has 0 radical (unpaired) electrons. The van der Waals surface area contributed by atoms with Crippen molar-refractivity contribution in [3.63, 3.8) is 0 Å². The van der Waals surface area contributed by atoms with Gasteiger partial charge < -0.3 is 16.3 Å². The van der Waals surface area contributed by atoms with Crippen LogP contribution in [0.5, 0.6) is 0 Å². The number of aryl methyl sites for hydroxylation is 1. The zero-order valence-electron chi connectivity index (χ0n) is 16.3. The SMILES string of the molecule is Cn1nncc1SCC1=C(C(=O)S)N2C(=O)[C@@H](NC(=O)/C(=N\O)c3csc(N)n3)[C@H]2SC1. The van der Waals surface area contributed by atoms with Crippen LogP contribution in [0.3, 0.4) is 0 Å². The molecule has 1 saturated heterocycles. The molecule has 2 atom stereocenters. The van der Waals surface area contributed by atoms with E-state index in [1.54, 1.807) is 17.9 Å². The van der Waals surface area contributed by atoms with Crippen molar-refractivity contribution >= 4 is 75.3 Å². The van der Waals surface area contributed by atoms with Crippen molar-refractivity contribution in [1.29, 1.82) is 0 Å². The second kappa shape index (κ2) is 9.13. The van der Waals surface area contributed by atoms with E-state index in [9.17, 15) is 19.6 Å². The molecule has 32 heavy (non-hydrogen) atoms. The summed E-state index contributed by atoms with van der Waals surface area (Å²) in [6, 6.07) is -0.890. The number of thioether (sulfide) groups is 2. The third-order valence-electron chi connectivity index (χ3n) is 4.68. The number of hydrogen-bond acceptors (Lipinski definition) is 12. The Morgan fingerprint density at radius 2 is 2.28 bits per heavy atom. The fourth-order valence-electron chi connectivity index (χ4n) is 3.19. The van der Waals surface area contributed by atoms with Gasteiger partial charge in [0.1, 0.15) is 27.8 Å². The maximum Gasteiger partial charge on any atom is 0.276 e. The van der Waals surface area contributed by atoms with Gasteiger partial charge in [0.2, 0.25) is 5.12 Å². The minimum atomic E-state index is -0.890. The number of oxime groups is 1. The number of β-lactam (4-membered cyclic amide) rings is 1. The normalized spacial score (nSPS) is 20.8. The molecule has 16 heteroatoms. The number of nitrogens with zero attached hydrogens (tertiary/aromatic N) is 6. The van der Waals surface area contributed by atoms with Gasteiger partial charge in [-0.1, -0.05) is 23.0 Å². The Hall–Kier alpha value is -2.56. The molecule has 4 heterocycles. The van der Waals surface area contributed by atoms with E-state index in [4.69, 9.17) is 5.73 Å². The van der Waals surface area contributed by atoms with Crippen molar-refractivity contribution in [2.24, 2.45) is 12.2 Å². The Morgan fingerprint density at radius 1 is 1.50 bits per heavy atom. The number of thiol groups is 1. The Labute approximate surface area is 199 Å². The third kappa shape index (κ3) is 4.10. The molecule has 0 bridgehead atoms.